The summed E-state index contributed by atoms with van der Waals surface area (Å²) < 4.78 is 24.6. The molecule has 21 heavy (non-hydrogen) atoms. The van der Waals surface area contributed by atoms with E-state index in [1.54, 1.807) is 19.0 Å². The van der Waals surface area contributed by atoms with E-state index in [0.29, 0.717) is 38.8 Å². The molecular formula is C13H23N3O4S. The highest BCUT2D eigenvalue weighted by molar-refractivity contribution is 7.88. The van der Waals surface area contributed by atoms with Crippen LogP contribution in [-0.2, 0) is 19.6 Å². The highest BCUT2D eigenvalue weighted by Crippen LogP contribution is 2.39. The maximum atomic E-state index is 12.1. The molecule has 0 saturated carbocycles. The second kappa shape index (κ2) is 5.57. The lowest BCUT2D eigenvalue weighted by Gasteiger charge is -2.44. The van der Waals surface area contributed by atoms with Gasteiger partial charge in [0.2, 0.25) is 21.8 Å². The monoisotopic (exact) mass is 317 g/mol. The number of hydrogen-bond acceptors (Lipinski definition) is 4. The molecule has 0 aromatic carbocycles. The zero-order chi connectivity index (χ0) is 15.8. The average molecular weight is 317 g/mol. The topological polar surface area (TPSA) is 78.0 Å². The van der Waals surface area contributed by atoms with Gasteiger partial charge in [-0.1, -0.05) is 0 Å². The Balaban J connectivity index is 2.11. The molecule has 1 spiro atoms. The van der Waals surface area contributed by atoms with Crippen molar-refractivity contribution in [1.29, 1.82) is 0 Å². The quantitative estimate of drug-likeness (QED) is 0.702. The van der Waals surface area contributed by atoms with Crippen LogP contribution in [0, 0.1) is 0 Å². The number of carbonyl (C=O) groups excluding carboxylic acids is 2. The number of carbonyl (C=O) groups is 2. The first-order valence-electron chi connectivity index (χ1n) is 7.11. The van der Waals surface area contributed by atoms with E-state index in [1.165, 1.54) is 15.5 Å². The number of likely N-dealkylation sites (tertiary alicyclic amines) is 1. The van der Waals surface area contributed by atoms with Crippen molar-refractivity contribution in [3.05, 3.63) is 0 Å². The van der Waals surface area contributed by atoms with Gasteiger partial charge in [-0.15, -0.1) is 0 Å². The van der Waals surface area contributed by atoms with E-state index < -0.39 is 10.0 Å². The molecule has 0 unspecified atom stereocenters. The molecule has 8 heteroatoms. The van der Waals surface area contributed by atoms with Gasteiger partial charge in [0.15, 0.2) is 0 Å². The Labute approximate surface area is 125 Å². The summed E-state index contributed by atoms with van der Waals surface area (Å²) in [6.07, 6.45) is 3.57. The lowest BCUT2D eigenvalue weighted by Crippen LogP contribution is -2.56. The van der Waals surface area contributed by atoms with Crippen LogP contribution in [0.1, 0.15) is 25.7 Å². The van der Waals surface area contributed by atoms with Crippen molar-refractivity contribution in [3.63, 3.8) is 0 Å². The second-order valence-electron chi connectivity index (χ2n) is 6.15. The van der Waals surface area contributed by atoms with Crippen molar-refractivity contribution in [2.24, 2.45) is 0 Å². The molecule has 2 aliphatic rings. The van der Waals surface area contributed by atoms with Gasteiger partial charge in [-0.3, -0.25) is 9.59 Å². The van der Waals surface area contributed by atoms with Crippen LogP contribution in [0.3, 0.4) is 0 Å². The molecule has 2 fully saturated rings. The molecular weight excluding hydrogens is 294 g/mol. The number of nitrogens with zero attached hydrogens (tertiary/aromatic N) is 3. The summed E-state index contributed by atoms with van der Waals surface area (Å²) in [6.45, 7) is 0.919. The zero-order valence-corrected chi connectivity index (χ0v) is 13.6. The smallest absolute Gasteiger partial charge is 0.241 e. The molecule has 2 heterocycles. The molecule has 2 rings (SSSR count). The van der Waals surface area contributed by atoms with Gasteiger partial charge in [-0.25, -0.2) is 12.7 Å². The molecule has 0 bridgehead atoms. The summed E-state index contributed by atoms with van der Waals surface area (Å²) >= 11 is 0. The van der Waals surface area contributed by atoms with Crippen LogP contribution in [0.2, 0.25) is 0 Å². The van der Waals surface area contributed by atoms with Gasteiger partial charge in [0.1, 0.15) is 6.54 Å². The number of likely N-dealkylation sites (N-methyl/N-ethyl adjacent to an activating group) is 1. The highest BCUT2D eigenvalue weighted by Gasteiger charge is 2.48. The van der Waals surface area contributed by atoms with E-state index in [0.717, 1.165) is 0 Å². The van der Waals surface area contributed by atoms with Crippen molar-refractivity contribution in [3.8, 4) is 0 Å². The Kier molecular flexibility index (Phi) is 4.30. The van der Waals surface area contributed by atoms with E-state index in [4.69, 9.17) is 0 Å². The van der Waals surface area contributed by atoms with Crippen molar-refractivity contribution < 1.29 is 18.0 Å². The maximum Gasteiger partial charge on any atom is 0.241 e. The predicted molar refractivity (Wildman–Crippen MR) is 78.0 cm³/mol. The highest BCUT2D eigenvalue weighted by atomic mass is 32.2. The third kappa shape index (κ3) is 3.21. The number of amides is 2. The van der Waals surface area contributed by atoms with Crippen molar-refractivity contribution in [2.75, 3.05) is 40.0 Å². The second-order valence-corrected chi connectivity index (χ2v) is 8.14. The molecule has 120 valence electrons. The largest absolute Gasteiger partial charge is 0.347 e. The van der Waals surface area contributed by atoms with Crippen LogP contribution in [0.5, 0.6) is 0 Å². The molecule has 2 aliphatic heterocycles. The van der Waals surface area contributed by atoms with Crippen molar-refractivity contribution in [2.45, 2.75) is 31.2 Å². The van der Waals surface area contributed by atoms with Gasteiger partial charge in [0, 0.05) is 39.1 Å². The van der Waals surface area contributed by atoms with Crippen molar-refractivity contribution in [1.82, 2.24) is 14.1 Å². The molecule has 2 saturated heterocycles. The van der Waals surface area contributed by atoms with Gasteiger partial charge in [-0.05, 0) is 19.3 Å². The molecule has 7 nitrogen and oxygen atoms in total. The van der Waals surface area contributed by atoms with E-state index in [-0.39, 0.29) is 23.9 Å². The fourth-order valence-corrected chi connectivity index (χ4v) is 4.01. The maximum absolute atomic E-state index is 12.1. The summed E-state index contributed by atoms with van der Waals surface area (Å²) in [5.41, 5.74) is -0.343. The average Bonchev–Trinajstić information content (AvgIpc) is 2.67. The molecule has 0 atom stereocenters. The van der Waals surface area contributed by atoms with Crippen LogP contribution >= 0.6 is 0 Å². The van der Waals surface area contributed by atoms with Crippen LogP contribution < -0.4 is 0 Å². The van der Waals surface area contributed by atoms with Gasteiger partial charge < -0.3 is 9.80 Å². The normalized spacial score (nSPS) is 22.8. The fraction of sp³-hybridized carbons (Fsp3) is 0.846. The lowest BCUT2D eigenvalue weighted by molar-refractivity contribution is -0.141. The Morgan fingerprint density at radius 3 is 2.29 bits per heavy atom. The van der Waals surface area contributed by atoms with Gasteiger partial charge in [-0.2, -0.15) is 0 Å². The Hall–Kier alpha value is -1.15. The molecule has 0 aromatic heterocycles. The minimum atomic E-state index is -3.18. The Morgan fingerprint density at radius 1 is 1.24 bits per heavy atom. The van der Waals surface area contributed by atoms with E-state index in [9.17, 15) is 18.0 Å². The van der Waals surface area contributed by atoms with E-state index >= 15 is 0 Å². The molecule has 0 aliphatic carbocycles. The Morgan fingerprint density at radius 2 is 1.81 bits per heavy atom. The minimum Gasteiger partial charge on any atom is -0.347 e. The summed E-state index contributed by atoms with van der Waals surface area (Å²) in [7, 11) is 0.152. The standard InChI is InChI=1S/C13H23N3O4S/c1-14(2)12(18)10-16-11(17)4-5-13(16)6-8-15(9-7-13)21(3,19)20/h4-10H2,1-3H3. The van der Waals surface area contributed by atoms with Gasteiger partial charge in [0.25, 0.3) is 0 Å². The minimum absolute atomic E-state index is 0.00185. The first-order chi connectivity index (χ1) is 9.66. The molecule has 0 N–H and O–H groups in total. The van der Waals surface area contributed by atoms with Crippen molar-refractivity contribution >= 4 is 21.8 Å². The number of rotatable bonds is 3. The van der Waals surface area contributed by atoms with E-state index in [2.05, 4.69) is 0 Å². The number of hydrogen-bond donors (Lipinski definition) is 0. The molecule has 0 aromatic rings. The zero-order valence-electron chi connectivity index (χ0n) is 12.8. The Bertz CT molecular complexity index is 536. The summed E-state index contributed by atoms with van der Waals surface area (Å²) in [5.74, 6) is -0.104. The van der Waals surface area contributed by atoms with Crippen LogP contribution in [0.15, 0.2) is 0 Å². The first kappa shape index (κ1) is 16.2. The lowest BCUT2D eigenvalue weighted by atomic mass is 9.85. The van der Waals surface area contributed by atoms with Gasteiger partial charge >= 0.3 is 0 Å². The predicted octanol–water partition coefficient (Wildman–Crippen LogP) is -0.509. The fourth-order valence-electron chi connectivity index (χ4n) is 3.16. The third-order valence-electron chi connectivity index (χ3n) is 4.59. The number of sulfonamides is 1. The van der Waals surface area contributed by atoms with E-state index in [1.807, 2.05) is 0 Å². The molecule has 0 radical (unpaired) electrons. The number of piperidine rings is 1. The third-order valence-corrected chi connectivity index (χ3v) is 5.90. The first-order valence-corrected chi connectivity index (χ1v) is 8.96. The van der Waals surface area contributed by atoms with Crippen LogP contribution in [0.4, 0.5) is 0 Å². The summed E-state index contributed by atoms with van der Waals surface area (Å²) in [5, 5.41) is 0. The molecule has 2 amide bonds. The van der Waals surface area contributed by atoms with Crippen LogP contribution in [-0.4, -0.2) is 79.9 Å². The summed E-state index contributed by atoms with van der Waals surface area (Å²) in [6, 6.07) is 0. The SMILES string of the molecule is CN(C)C(=O)CN1C(=O)CCC12CCN(S(C)(=O)=O)CC2. The van der Waals surface area contributed by atoms with Gasteiger partial charge in [0.05, 0.1) is 6.26 Å². The summed E-state index contributed by atoms with van der Waals surface area (Å²) in [4.78, 5) is 27.2. The van der Waals surface area contributed by atoms with Crippen LogP contribution in [0.25, 0.3) is 0 Å².